The fourth-order valence-electron chi connectivity index (χ4n) is 2.21. The summed E-state index contributed by atoms with van der Waals surface area (Å²) < 4.78 is 38.1. The van der Waals surface area contributed by atoms with Crippen LogP contribution < -0.4 is 10.1 Å². The number of nitrogens with one attached hydrogen (secondary N) is 1. The van der Waals surface area contributed by atoms with Gasteiger partial charge >= 0.3 is 0 Å². The number of hydrogen-bond donors (Lipinski definition) is 1. The van der Waals surface area contributed by atoms with E-state index < -0.39 is 11.9 Å². The number of anilines is 1. The first-order valence-electron chi connectivity index (χ1n) is 8.59. The summed E-state index contributed by atoms with van der Waals surface area (Å²) in [6.45, 7) is 4.24. The van der Waals surface area contributed by atoms with Crippen LogP contribution in [-0.4, -0.2) is 18.6 Å². The van der Waals surface area contributed by atoms with E-state index in [-0.39, 0.29) is 24.1 Å². The van der Waals surface area contributed by atoms with E-state index in [2.05, 4.69) is 5.32 Å². The van der Waals surface area contributed by atoms with Gasteiger partial charge < -0.3 is 14.8 Å². The number of benzene rings is 2. The molecule has 0 aliphatic carbocycles. The lowest BCUT2D eigenvalue weighted by Crippen LogP contribution is -2.28. The molecule has 4 nitrogen and oxygen atoms in total. The van der Waals surface area contributed by atoms with Crippen LogP contribution in [0.5, 0.6) is 5.75 Å². The summed E-state index contributed by atoms with van der Waals surface area (Å²) in [4.78, 5) is 12.0. The van der Waals surface area contributed by atoms with E-state index >= 15 is 0 Å². The highest BCUT2D eigenvalue weighted by molar-refractivity contribution is 5.93. The van der Waals surface area contributed by atoms with Crippen molar-refractivity contribution in [1.82, 2.24) is 0 Å². The second kappa shape index (κ2) is 9.87. The van der Waals surface area contributed by atoms with Gasteiger partial charge in [-0.3, -0.25) is 4.79 Å². The minimum atomic E-state index is -0.617. The SMILES string of the molecule is CCCCOC(C)C(=O)Nc1ccc(OCc2cccc(F)c2)c(F)c1. The fourth-order valence-corrected chi connectivity index (χ4v) is 2.21. The minimum Gasteiger partial charge on any atom is -0.486 e. The van der Waals surface area contributed by atoms with Gasteiger partial charge in [0.15, 0.2) is 11.6 Å². The average molecular weight is 363 g/mol. The highest BCUT2D eigenvalue weighted by Crippen LogP contribution is 2.22. The Kier molecular flexibility index (Phi) is 7.53. The van der Waals surface area contributed by atoms with Crippen molar-refractivity contribution in [3.8, 4) is 5.75 Å². The van der Waals surface area contributed by atoms with E-state index in [1.165, 1.54) is 24.3 Å². The number of unbranched alkanes of at least 4 members (excludes halogenated alkanes) is 1. The monoisotopic (exact) mass is 363 g/mol. The Balaban J connectivity index is 1.91. The topological polar surface area (TPSA) is 47.6 Å². The Morgan fingerprint density at radius 2 is 2.00 bits per heavy atom. The maximum Gasteiger partial charge on any atom is 0.253 e. The molecule has 0 heterocycles. The first-order valence-corrected chi connectivity index (χ1v) is 8.59. The molecule has 26 heavy (non-hydrogen) atoms. The number of hydrogen-bond acceptors (Lipinski definition) is 3. The molecule has 140 valence electrons. The maximum absolute atomic E-state index is 14.2. The molecular formula is C20H23F2NO3. The largest absolute Gasteiger partial charge is 0.486 e. The van der Waals surface area contributed by atoms with Crippen LogP contribution in [0.4, 0.5) is 14.5 Å². The molecule has 6 heteroatoms. The van der Waals surface area contributed by atoms with E-state index in [4.69, 9.17) is 9.47 Å². The highest BCUT2D eigenvalue weighted by atomic mass is 19.1. The van der Waals surface area contributed by atoms with Gasteiger partial charge in [-0.15, -0.1) is 0 Å². The lowest BCUT2D eigenvalue weighted by Gasteiger charge is -2.14. The van der Waals surface area contributed by atoms with Gasteiger partial charge in [-0.05, 0) is 43.2 Å². The molecule has 0 bridgehead atoms. The summed E-state index contributed by atoms with van der Waals surface area (Å²) in [6, 6.07) is 10.0. The van der Waals surface area contributed by atoms with Crippen LogP contribution in [0, 0.1) is 11.6 Å². The normalized spacial score (nSPS) is 11.8. The number of amides is 1. The second-order valence-electron chi connectivity index (χ2n) is 5.92. The van der Waals surface area contributed by atoms with Crippen molar-refractivity contribution >= 4 is 11.6 Å². The Morgan fingerprint density at radius 1 is 1.19 bits per heavy atom. The van der Waals surface area contributed by atoms with Crippen molar-refractivity contribution in [2.24, 2.45) is 0 Å². The van der Waals surface area contributed by atoms with E-state index in [1.807, 2.05) is 6.92 Å². The molecule has 0 saturated carbocycles. The molecule has 0 aromatic heterocycles. The van der Waals surface area contributed by atoms with Crippen molar-refractivity contribution in [3.63, 3.8) is 0 Å². The number of ether oxygens (including phenoxy) is 2. The number of carbonyl (C=O) groups excluding carboxylic acids is 1. The first kappa shape index (κ1) is 19.8. The summed E-state index contributed by atoms with van der Waals surface area (Å²) in [5.41, 5.74) is 0.913. The maximum atomic E-state index is 14.2. The third-order valence-corrected chi connectivity index (χ3v) is 3.72. The van der Waals surface area contributed by atoms with Crippen molar-refractivity contribution in [3.05, 3.63) is 59.7 Å². The molecule has 0 fully saturated rings. The average Bonchev–Trinajstić information content (AvgIpc) is 2.61. The molecule has 2 rings (SSSR count). The molecule has 2 aromatic rings. The molecule has 1 N–H and O–H groups in total. The number of carbonyl (C=O) groups is 1. The Morgan fingerprint density at radius 3 is 2.69 bits per heavy atom. The lowest BCUT2D eigenvalue weighted by molar-refractivity contribution is -0.126. The molecule has 1 atom stereocenters. The third-order valence-electron chi connectivity index (χ3n) is 3.72. The van der Waals surface area contributed by atoms with Crippen molar-refractivity contribution in [2.75, 3.05) is 11.9 Å². The molecule has 1 unspecified atom stereocenters. The highest BCUT2D eigenvalue weighted by Gasteiger charge is 2.14. The Hall–Kier alpha value is -2.47. The minimum absolute atomic E-state index is 0.0273. The van der Waals surface area contributed by atoms with Gasteiger partial charge in [-0.1, -0.05) is 25.5 Å². The van der Waals surface area contributed by atoms with Gasteiger partial charge in [0.05, 0.1) is 0 Å². The van der Waals surface area contributed by atoms with Crippen molar-refractivity contribution < 1.29 is 23.0 Å². The number of rotatable bonds is 9. The molecule has 0 aliphatic heterocycles. The Bertz CT molecular complexity index is 737. The van der Waals surface area contributed by atoms with Crippen LogP contribution in [0.15, 0.2) is 42.5 Å². The van der Waals surface area contributed by atoms with Crippen molar-refractivity contribution in [2.45, 2.75) is 39.4 Å². The van der Waals surface area contributed by atoms with E-state index in [9.17, 15) is 13.6 Å². The molecular weight excluding hydrogens is 340 g/mol. The van der Waals surface area contributed by atoms with Crippen LogP contribution >= 0.6 is 0 Å². The fraction of sp³-hybridized carbons (Fsp3) is 0.350. The van der Waals surface area contributed by atoms with Crippen LogP contribution in [0.3, 0.4) is 0 Å². The summed E-state index contributed by atoms with van der Waals surface area (Å²) in [5.74, 6) is -1.30. The van der Waals surface area contributed by atoms with Crippen LogP contribution in [-0.2, 0) is 16.1 Å². The van der Waals surface area contributed by atoms with E-state index in [1.54, 1.807) is 25.1 Å². The third kappa shape index (κ3) is 6.11. The Labute approximate surface area is 152 Å². The van der Waals surface area contributed by atoms with Gasteiger partial charge in [0.2, 0.25) is 0 Å². The molecule has 0 saturated heterocycles. The van der Waals surface area contributed by atoms with Gasteiger partial charge in [-0.25, -0.2) is 8.78 Å². The zero-order valence-corrected chi connectivity index (χ0v) is 14.9. The molecule has 0 radical (unpaired) electrons. The standard InChI is InChI=1S/C20H23F2NO3/c1-3-4-10-25-14(2)20(24)23-17-8-9-19(18(22)12-17)26-13-15-6-5-7-16(21)11-15/h5-9,11-12,14H,3-4,10,13H2,1-2H3,(H,23,24). The molecule has 0 aliphatic rings. The zero-order chi connectivity index (χ0) is 18.9. The quantitative estimate of drug-likeness (QED) is 0.658. The molecule has 1 amide bonds. The predicted molar refractivity (Wildman–Crippen MR) is 96.1 cm³/mol. The smallest absolute Gasteiger partial charge is 0.253 e. The van der Waals surface area contributed by atoms with Crippen molar-refractivity contribution in [1.29, 1.82) is 0 Å². The summed E-state index contributed by atoms with van der Waals surface area (Å²) in [5, 5.41) is 2.61. The van der Waals surface area contributed by atoms with Gasteiger partial charge in [-0.2, -0.15) is 0 Å². The number of halogens is 2. The molecule has 0 spiro atoms. The van der Waals surface area contributed by atoms with Crippen LogP contribution in [0.1, 0.15) is 32.3 Å². The predicted octanol–water partition coefficient (Wildman–Crippen LogP) is 4.69. The molecule has 2 aromatic carbocycles. The van der Waals surface area contributed by atoms with Gasteiger partial charge in [0.1, 0.15) is 18.5 Å². The summed E-state index contributed by atoms with van der Waals surface area (Å²) in [6.07, 6.45) is 1.24. The summed E-state index contributed by atoms with van der Waals surface area (Å²) >= 11 is 0. The summed E-state index contributed by atoms with van der Waals surface area (Å²) in [7, 11) is 0. The van der Waals surface area contributed by atoms with E-state index in [0.717, 1.165) is 12.8 Å². The zero-order valence-electron chi connectivity index (χ0n) is 14.9. The van der Waals surface area contributed by atoms with E-state index in [0.29, 0.717) is 17.9 Å². The second-order valence-corrected chi connectivity index (χ2v) is 5.92. The van der Waals surface area contributed by atoms with Crippen LogP contribution in [0.25, 0.3) is 0 Å². The van der Waals surface area contributed by atoms with Gasteiger partial charge in [0.25, 0.3) is 5.91 Å². The lowest BCUT2D eigenvalue weighted by atomic mass is 10.2. The van der Waals surface area contributed by atoms with Crippen LogP contribution in [0.2, 0.25) is 0 Å². The van der Waals surface area contributed by atoms with Gasteiger partial charge in [0, 0.05) is 18.4 Å². The first-order chi connectivity index (χ1) is 12.5.